The summed E-state index contributed by atoms with van der Waals surface area (Å²) in [6, 6.07) is 1.71. The van der Waals surface area contributed by atoms with Gasteiger partial charge in [-0.25, -0.2) is 14.3 Å². The van der Waals surface area contributed by atoms with Crippen LogP contribution in [-0.2, 0) is 14.2 Å². The van der Waals surface area contributed by atoms with Crippen LogP contribution in [0.3, 0.4) is 0 Å². The predicted molar refractivity (Wildman–Crippen MR) is 65.7 cm³/mol. The third-order valence-electron chi connectivity index (χ3n) is 2.60. The van der Waals surface area contributed by atoms with Gasteiger partial charge in [-0.05, 0) is 13.0 Å². The summed E-state index contributed by atoms with van der Waals surface area (Å²) in [5.41, 5.74) is 1.37. The fourth-order valence-corrected chi connectivity index (χ4v) is 1.78. The Kier molecular flexibility index (Phi) is 4.08. The van der Waals surface area contributed by atoms with Crippen LogP contribution >= 0.6 is 0 Å². The summed E-state index contributed by atoms with van der Waals surface area (Å²) in [6.07, 6.45) is 2.41. The van der Waals surface area contributed by atoms with Crippen molar-refractivity contribution in [3.05, 3.63) is 29.7 Å². The Labute approximate surface area is 110 Å². The summed E-state index contributed by atoms with van der Waals surface area (Å²) in [7, 11) is 3.05. The van der Waals surface area contributed by atoms with Gasteiger partial charge in [0.1, 0.15) is 11.3 Å². The molecule has 0 saturated carbocycles. The summed E-state index contributed by atoms with van der Waals surface area (Å²) in [6.45, 7) is 2.04. The van der Waals surface area contributed by atoms with Crippen molar-refractivity contribution in [1.29, 1.82) is 0 Å². The van der Waals surface area contributed by atoms with Crippen molar-refractivity contribution in [2.24, 2.45) is 0 Å². The molecule has 19 heavy (non-hydrogen) atoms. The van der Waals surface area contributed by atoms with Gasteiger partial charge in [-0.1, -0.05) is 0 Å². The van der Waals surface area contributed by atoms with E-state index < -0.39 is 12.3 Å². The highest BCUT2D eigenvalue weighted by Crippen LogP contribution is 2.19. The summed E-state index contributed by atoms with van der Waals surface area (Å²) in [5.74, 6) is -0.450. The van der Waals surface area contributed by atoms with Crippen LogP contribution in [0.5, 0.6) is 0 Å². The van der Waals surface area contributed by atoms with E-state index in [0.29, 0.717) is 23.5 Å². The van der Waals surface area contributed by atoms with Crippen molar-refractivity contribution in [2.75, 3.05) is 20.8 Å². The number of methoxy groups -OCH3 is 2. The van der Waals surface area contributed by atoms with E-state index >= 15 is 0 Å². The lowest BCUT2D eigenvalue weighted by Crippen LogP contribution is -2.11. The third kappa shape index (κ3) is 2.42. The van der Waals surface area contributed by atoms with Crippen LogP contribution in [0.15, 0.2) is 18.5 Å². The second kappa shape index (κ2) is 5.77. The van der Waals surface area contributed by atoms with Gasteiger partial charge in [0.15, 0.2) is 5.65 Å². The molecule has 0 spiro atoms. The number of ether oxygens (including phenoxy) is 3. The van der Waals surface area contributed by atoms with Crippen LogP contribution in [-0.4, -0.2) is 41.4 Å². The molecule has 0 atom stereocenters. The van der Waals surface area contributed by atoms with E-state index in [4.69, 9.17) is 14.2 Å². The molecule has 2 rings (SSSR count). The molecule has 0 unspecified atom stereocenters. The molecule has 0 amide bonds. The maximum absolute atomic E-state index is 11.8. The van der Waals surface area contributed by atoms with Crippen LogP contribution in [0.25, 0.3) is 5.65 Å². The number of rotatable bonds is 5. The highest BCUT2D eigenvalue weighted by Gasteiger charge is 2.19. The molecule has 0 aromatic carbocycles. The molecule has 2 heterocycles. The van der Waals surface area contributed by atoms with E-state index in [2.05, 4.69) is 10.1 Å². The molecule has 0 aliphatic carbocycles. The number of fused-ring (bicyclic) bond motifs is 1. The topological polar surface area (TPSA) is 75.0 Å². The number of hydrogen-bond donors (Lipinski definition) is 0. The summed E-state index contributed by atoms with van der Waals surface area (Å²) < 4.78 is 16.8. The predicted octanol–water partition coefficient (Wildman–Crippen LogP) is 1.20. The molecule has 102 valence electrons. The highest BCUT2D eigenvalue weighted by molar-refractivity contribution is 5.95. The summed E-state index contributed by atoms with van der Waals surface area (Å²) in [4.78, 5) is 15.9. The van der Waals surface area contributed by atoms with Crippen molar-refractivity contribution in [3.8, 4) is 0 Å². The minimum absolute atomic E-state index is 0.300. The molecule has 7 heteroatoms. The van der Waals surface area contributed by atoms with Gasteiger partial charge >= 0.3 is 5.97 Å². The number of aromatic nitrogens is 3. The lowest BCUT2D eigenvalue weighted by Gasteiger charge is -2.14. The average molecular weight is 265 g/mol. The molecule has 0 aliphatic rings. The largest absolute Gasteiger partial charge is 0.462 e. The maximum atomic E-state index is 11.8. The SMILES string of the molecule is CCOC(=O)c1cnn2c(C(OC)OC)ccnc12. The van der Waals surface area contributed by atoms with Gasteiger partial charge in [0.05, 0.1) is 12.8 Å². The Balaban J connectivity index is 2.51. The smallest absolute Gasteiger partial charge is 0.343 e. The van der Waals surface area contributed by atoms with E-state index in [0.717, 1.165) is 0 Å². The first-order valence-corrected chi connectivity index (χ1v) is 5.78. The second-order valence-corrected chi connectivity index (χ2v) is 3.69. The lowest BCUT2D eigenvalue weighted by atomic mass is 10.3. The standard InChI is InChI=1S/C12H15N3O4/c1-4-19-11(16)8-7-14-15-9(12(17-2)18-3)5-6-13-10(8)15/h5-7,12H,4H2,1-3H3. The van der Waals surface area contributed by atoms with Crippen molar-refractivity contribution in [1.82, 2.24) is 14.6 Å². The molecule has 0 aliphatic heterocycles. The van der Waals surface area contributed by atoms with Crippen LogP contribution in [0, 0.1) is 0 Å². The number of nitrogens with zero attached hydrogens (tertiary/aromatic N) is 3. The fraction of sp³-hybridized carbons (Fsp3) is 0.417. The van der Waals surface area contributed by atoms with Crippen LogP contribution in [0.1, 0.15) is 29.3 Å². The minimum Gasteiger partial charge on any atom is -0.462 e. The lowest BCUT2D eigenvalue weighted by molar-refractivity contribution is -0.109. The van der Waals surface area contributed by atoms with Gasteiger partial charge < -0.3 is 14.2 Å². The molecule has 0 N–H and O–H groups in total. The van der Waals surface area contributed by atoms with Crippen molar-refractivity contribution >= 4 is 11.6 Å². The number of carbonyl (C=O) groups is 1. The Bertz CT molecular complexity index is 577. The number of hydrogen-bond acceptors (Lipinski definition) is 6. The van der Waals surface area contributed by atoms with Crippen LogP contribution < -0.4 is 0 Å². The van der Waals surface area contributed by atoms with E-state index in [9.17, 15) is 4.79 Å². The van der Waals surface area contributed by atoms with E-state index in [-0.39, 0.29) is 0 Å². The van der Waals surface area contributed by atoms with Crippen molar-refractivity contribution in [3.63, 3.8) is 0 Å². The molecule has 2 aromatic heterocycles. The Morgan fingerprint density at radius 2 is 2.16 bits per heavy atom. The first-order chi connectivity index (χ1) is 9.22. The quantitative estimate of drug-likeness (QED) is 0.597. The van der Waals surface area contributed by atoms with Crippen molar-refractivity contribution < 1.29 is 19.0 Å². The first kappa shape index (κ1) is 13.4. The molecule has 0 radical (unpaired) electrons. The maximum Gasteiger partial charge on any atom is 0.343 e. The summed E-state index contributed by atoms with van der Waals surface area (Å²) >= 11 is 0. The average Bonchev–Trinajstić information content (AvgIpc) is 2.85. The molecule has 2 aromatic rings. The van der Waals surface area contributed by atoms with Gasteiger partial charge in [-0.3, -0.25) is 0 Å². The fourth-order valence-electron chi connectivity index (χ4n) is 1.78. The molecule has 7 nitrogen and oxygen atoms in total. The number of esters is 1. The Hall–Kier alpha value is -1.99. The molecule has 0 bridgehead atoms. The molecule has 0 saturated heterocycles. The zero-order chi connectivity index (χ0) is 13.8. The third-order valence-corrected chi connectivity index (χ3v) is 2.60. The Morgan fingerprint density at radius 1 is 1.42 bits per heavy atom. The van der Waals surface area contributed by atoms with Gasteiger partial charge in [0, 0.05) is 20.4 Å². The van der Waals surface area contributed by atoms with E-state index in [1.165, 1.54) is 24.9 Å². The van der Waals surface area contributed by atoms with Gasteiger partial charge in [0.2, 0.25) is 6.29 Å². The van der Waals surface area contributed by atoms with Crippen molar-refractivity contribution in [2.45, 2.75) is 13.2 Å². The minimum atomic E-state index is -0.583. The van der Waals surface area contributed by atoms with Gasteiger partial charge in [-0.15, -0.1) is 0 Å². The first-order valence-electron chi connectivity index (χ1n) is 5.78. The van der Waals surface area contributed by atoms with E-state index in [1.807, 2.05) is 0 Å². The van der Waals surface area contributed by atoms with Crippen LogP contribution in [0.4, 0.5) is 0 Å². The van der Waals surface area contributed by atoms with Crippen LogP contribution in [0.2, 0.25) is 0 Å². The van der Waals surface area contributed by atoms with Gasteiger partial charge in [0.25, 0.3) is 0 Å². The zero-order valence-corrected chi connectivity index (χ0v) is 11.0. The molecular formula is C12H15N3O4. The normalized spacial score (nSPS) is 11.2. The van der Waals surface area contributed by atoms with Gasteiger partial charge in [-0.2, -0.15) is 5.10 Å². The van der Waals surface area contributed by atoms with E-state index in [1.54, 1.807) is 19.2 Å². The second-order valence-electron chi connectivity index (χ2n) is 3.69. The zero-order valence-electron chi connectivity index (χ0n) is 11.0. The highest BCUT2D eigenvalue weighted by atomic mass is 16.7. The monoisotopic (exact) mass is 265 g/mol. The summed E-state index contributed by atoms with van der Waals surface area (Å²) in [5, 5.41) is 4.13. The molecule has 0 fully saturated rings. The molecular weight excluding hydrogens is 250 g/mol. The Morgan fingerprint density at radius 3 is 2.79 bits per heavy atom. The number of carbonyl (C=O) groups excluding carboxylic acids is 1.